The lowest BCUT2D eigenvalue weighted by molar-refractivity contribution is -0.116. The first-order chi connectivity index (χ1) is 17.6. The molecule has 1 N–H and O–H groups in total. The van der Waals surface area contributed by atoms with Gasteiger partial charge in [-0.3, -0.25) is 19.1 Å². The second kappa shape index (κ2) is 9.71. The fraction of sp³-hybridized carbons (Fsp3) is 0.115. The quantitative estimate of drug-likeness (QED) is 0.371. The van der Waals surface area contributed by atoms with Crippen LogP contribution in [0, 0.1) is 0 Å². The van der Waals surface area contributed by atoms with E-state index < -0.39 is 5.91 Å². The number of para-hydroxylation sites is 1. The van der Waals surface area contributed by atoms with Crippen LogP contribution in [0.5, 0.6) is 11.5 Å². The first-order valence-electron chi connectivity index (χ1n) is 11.0. The molecule has 0 saturated carbocycles. The van der Waals surface area contributed by atoms with Crippen LogP contribution in [0.4, 0.5) is 5.69 Å². The average molecular weight is 483 g/mol. The highest BCUT2D eigenvalue weighted by Gasteiger charge is 2.18. The third-order valence-corrected chi connectivity index (χ3v) is 5.60. The number of benzene rings is 2. The highest BCUT2D eigenvalue weighted by atomic mass is 16.5. The molecule has 180 valence electrons. The summed E-state index contributed by atoms with van der Waals surface area (Å²) in [5.74, 6) is 1.23. The third kappa shape index (κ3) is 4.39. The van der Waals surface area contributed by atoms with Crippen LogP contribution in [-0.4, -0.2) is 39.8 Å². The molecule has 0 aliphatic rings. The van der Waals surface area contributed by atoms with Crippen molar-refractivity contribution >= 4 is 22.5 Å². The number of amides is 1. The Hall–Kier alpha value is -4.99. The van der Waals surface area contributed by atoms with E-state index in [0.717, 1.165) is 5.56 Å². The van der Waals surface area contributed by atoms with Gasteiger partial charge in [-0.25, -0.2) is 0 Å². The number of fused-ring (bicyclic) bond motifs is 1. The van der Waals surface area contributed by atoms with Crippen molar-refractivity contribution in [3.63, 3.8) is 0 Å². The summed E-state index contributed by atoms with van der Waals surface area (Å²) < 4.78 is 17.4. The van der Waals surface area contributed by atoms with E-state index in [9.17, 15) is 9.59 Å². The van der Waals surface area contributed by atoms with Crippen molar-refractivity contribution in [2.45, 2.75) is 6.54 Å². The van der Waals surface area contributed by atoms with Crippen LogP contribution >= 0.6 is 0 Å². The molecule has 0 aliphatic heterocycles. The minimum absolute atomic E-state index is 0.203. The number of aromatic nitrogens is 4. The predicted molar refractivity (Wildman–Crippen MR) is 133 cm³/mol. The molecule has 0 fully saturated rings. The number of rotatable bonds is 7. The highest BCUT2D eigenvalue weighted by molar-refractivity contribution is 5.96. The van der Waals surface area contributed by atoms with Gasteiger partial charge in [-0.1, -0.05) is 23.4 Å². The molecule has 10 heteroatoms. The second-order valence-electron chi connectivity index (χ2n) is 7.77. The number of methoxy groups -OCH3 is 2. The molecule has 3 aromatic heterocycles. The van der Waals surface area contributed by atoms with Gasteiger partial charge in [0, 0.05) is 35.5 Å². The van der Waals surface area contributed by atoms with Crippen molar-refractivity contribution in [2.24, 2.45) is 0 Å². The minimum atomic E-state index is -0.392. The third-order valence-electron chi connectivity index (χ3n) is 5.60. The highest BCUT2D eigenvalue weighted by Crippen LogP contribution is 2.30. The van der Waals surface area contributed by atoms with Crippen LogP contribution in [-0.2, 0) is 11.3 Å². The molecule has 3 heterocycles. The van der Waals surface area contributed by atoms with E-state index in [1.54, 1.807) is 62.0 Å². The summed E-state index contributed by atoms with van der Waals surface area (Å²) in [7, 11) is 3.04. The van der Waals surface area contributed by atoms with Crippen molar-refractivity contribution in [3.05, 3.63) is 83.4 Å². The van der Waals surface area contributed by atoms with E-state index in [-0.39, 0.29) is 18.0 Å². The Morgan fingerprint density at radius 1 is 1.03 bits per heavy atom. The Labute approximate surface area is 205 Å². The maximum Gasteiger partial charge on any atom is 0.259 e. The zero-order valence-corrected chi connectivity index (χ0v) is 19.5. The van der Waals surface area contributed by atoms with Crippen LogP contribution < -0.4 is 20.3 Å². The molecular weight excluding hydrogens is 462 g/mol. The number of nitrogens with one attached hydrogen (secondary N) is 1. The van der Waals surface area contributed by atoms with Gasteiger partial charge >= 0.3 is 0 Å². The standard InChI is InChI=1S/C26H21N5O5/c1-34-17-7-8-20(22(13-17)35-2)28-23(32)15-31-21-6-4-3-5-18(21)19(14-24(31)33)26-29-25(30-36-26)16-9-11-27-12-10-16/h3-14H,15H2,1-2H3,(H,28,32). The molecule has 0 saturated heterocycles. The second-order valence-corrected chi connectivity index (χ2v) is 7.77. The van der Waals surface area contributed by atoms with Crippen LogP contribution in [0.1, 0.15) is 0 Å². The molecule has 0 radical (unpaired) electrons. The lowest BCUT2D eigenvalue weighted by atomic mass is 10.1. The normalized spacial score (nSPS) is 10.8. The molecule has 0 atom stereocenters. The van der Waals surface area contributed by atoms with Crippen molar-refractivity contribution in [1.82, 2.24) is 19.7 Å². The van der Waals surface area contributed by atoms with Crippen LogP contribution in [0.2, 0.25) is 0 Å². The van der Waals surface area contributed by atoms with E-state index in [0.29, 0.717) is 39.5 Å². The molecule has 0 unspecified atom stereocenters. The van der Waals surface area contributed by atoms with E-state index >= 15 is 0 Å². The molecule has 0 bridgehead atoms. The van der Waals surface area contributed by atoms with Gasteiger partial charge in [-0.05, 0) is 30.3 Å². The van der Waals surface area contributed by atoms with E-state index in [1.165, 1.54) is 17.7 Å². The minimum Gasteiger partial charge on any atom is -0.497 e. The number of carbonyl (C=O) groups is 1. The zero-order chi connectivity index (χ0) is 25.1. The van der Waals surface area contributed by atoms with Gasteiger partial charge in [-0.15, -0.1) is 0 Å². The smallest absolute Gasteiger partial charge is 0.259 e. The van der Waals surface area contributed by atoms with Gasteiger partial charge < -0.3 is 19.3 Å². The summed E-state index contributed by atoms with van der Waals surface area (Å²) in [6.45, 7) is -0.207. The van der Waals surface area contributed by atoms with Crippen molar-refractivity contribution in [1.29, 1.82) is 0 Å². The molecule has 1 amide bonds. The van der Waals surface area contributed by atoms with Crippen molar-refractivity contribution in [3.8, 4) is 34.3 Å². The zero-order valence-electron chi connectivity index (χ0n) is 19.5. The van der Waals surface area contributed by atoms with Crippen molar-refractivity contribution < 1.29 is 18.8 Å². The Kier molecular flexibility index (Phi) is 6.14. The fourth-order valence-corrected chi connectivity index (χ4v) is 3.86. The summed E-state index contributed by atoms with van der Waals surface area (Å²) >= 11 is 0. The average Bonchev–Trinajstić information content (AvgIpc) is 3.41. The molecule has 5 rings (SSSR count). The monoisotopic (exact) mass is 483 g/mol. The van der Waals surface area contributed by atoms with Crippen LogP contribution in [0.3, 0.4) is 0 Å². The molecular formula is C26H21N5O5. The Morgan fingerprint density at radius 2 is 1.83 bits per heavy atom. The molecule has 10 nitrogen and oxygen atoms in total. The SMILES string of the molecule is COc1ccc(NC(=O)Cn2c(=O)cc(-c3nc(-c4ccncc4)no3)c3ccccc32)c(OC)c1. The van der Waals surface area contributed by atoms with Crippen LogP contribution in [0.25, 0.3) is 33.7 Å². The first-order valence-corrected chi connectivity index (χ1v) is 11.0. The van der Waals surface area contributed by atoms with E-state index in [1.807, 2.05) is 12.1 Å². The van der Waals surface area contributed by atoms with Gasteiger partial charge in [0.15, 0.2) is 0 Å². The molecule has 5 aromatic rings. The van der Waals surface area contributed by atoms with E-state index in [4.69, 9.17) is 14.0 Å². The largest absolute Gasteiger partial charge is 0.497 e. The maximum atomic E-state index is 13.1. The maximum absolute atomic E-state index is 13.1. The lowest BCUT2D eigenvalue weighted by Crippen LogP contribution is -2.28. The molecule has 0 spiro atoms. The number of anilines is 1. The molecule has 2 aromatic carbocycles. The van der Waals surface area contributed by atoms with Gasteiger partial charge in [0.2, 0.25) is 11.7 Å². The summed E-state index contributed by atoms with van der Waals surface area (Å²) in [5, 5.41) is 7.53. The first kappa shape index (κ1) is 22.8. The number of hydrogen-bond donors (Lipinski definition) is 1. The predicted octanol–water partition coefficient (Wildman–Crippen LogP) is 3.77. The Balaban J connectivity index is 1.48. The van der Waals surface area contributed by atoms with E-state index in [2.05, 4.69) is 20.4 Å². The fourth-order valence-electron chi connectivity index (χ4n) is 3.86. The molecule has 36 heavy (non-hydrogen) atoms. The van der Waals surface area contributed by atoms with Crippen molar-refractivity contribution in [2.75, 3.05) is 19.5 Å². The Morgan fingerprint density at radius 3 is 2.61 bits per heavy atom. The number of carbonyl (C=O) groups excluding carboxylic acids is 1. The van der Waals surface area contributed by atoms with Gasteiger partial charge in [-0.2, -0.15) is 4.98 Å². The number of ether oxygens (including phenoxy) is 2. The topological polar surface area (TPSA) is 121 Å². The summed E-state index contributed by atoms with van der Waals surface area (Å²) in [5.41, 5.74) is 1.86. The van der Waals surface area contributed by atoms with Gasteiger partial charge in [0.05, 0.1) is 31.0 Å². The summed E-state index contributed by atoms with van der Waals surface area (Å²) in [4.78, 5) is 34.5. The molecule has 0 aliphatic carbocycles. The van der Waals surface area contributed by atoms with Gasteiger partial charge in [0.1, 0.15) is 18.0 Å². The van der Waals surface area contributed by atoms with Gasteiger partial charge in [0.25, 0.3) is 11.4 Å². The number of pyridine rings is 2. The Bertz CT molecular complexity index is 1610. The number of hydrogen-bond acceptors (Lipinski definition) is 8. The summed E-state index contributed by atoms with van der Waals surface area (Å²) in [6, 6.07) is 17.2. The summed E-state index contributed by atoms with van der Waals surface area (Å²) in [6.07, 6.45) is 3.27. The lowest BCUT2D eigenvalue weighted by Gasteiger charge is -2.14. The number of nitrogens with zero attached hydrogens (tertiary/aromatic N) is 4. The van der Waals surface area contributed by atoms with Crippen LogP contribution in [0.15, 0.2) is 82.4 Å².